The zero-order valence-electron chi connectivity index (χ0n) is 18.0. The molecule has 3 N–H and O–H groups in total. The Morgan fingerprint density at radius 3 is 2.60 bits per heavy atom. The zero-order valence-corrected chi connectivity index (χ0v) is 18.0. The first-order chi connectivity index (χ1) is 14.7. The molecule has 1 aliphatic carbocycles. The van der Waals surface area contributed by atoms with Gasteiger partial charge < -0.3 is 30.0 Å². The lowest BCUT2D eigenvalue weighted by Crippen LogP contribution is -2.49. The number of nitrogens with zero attached hydrogens (tertiary/aromatic N) is 1. The van der Waals surface area contributed by atoms with Gasteiger partial charge in [-0.15, -0.1) is 0 Å². The summed E-state index contributed by atoms with van der Waals surface area (Å²) in [5.74, 6) is 2.50. The quantitative estimate of drug-likeness (QED) is 0.467. The van der Waals surface area contributed by atoms with E-state index in [0.717, 1.165) is 62.8 Å². The Labute approximate surface area is 179 Å². The van der Waals surface area contributed by atoms with Gasteiger partial charge in [0.05, 0.1) is 6.61 Å². The summed E-state index contributed by atoms with van der Waals surface area (Å²) in [6.45, 7) is 3.53. The van der Waals surface area contributed by atoms with Gasteiger partial charge in [0, 0.05) is 44.2 Å². The van der Waals surface area contributed by atoms with Gasteiger partial charge in [-0.25, -0.2) is 0 Å². The van der Waals surface area contributed by atoms with E-state index in [4.69, 9.17) is 14.2 Å². The average Bonchev–Trinajstić information content (AvgIpc) is 3.44. The fourth-order valence-electron chi connectivity index (χ4n) is 5.08. The largest absolute Gasteiger partial charge is 0.454 e. The first kappa shape index (κ1) is 21.2. The maximum atomic E-state index is 9.47. The van der Waals surface area contributed by atoms with Gasteiger partial charge in [-0.3, -0.25) is 4.99 Å². The second kappa shape index (κ2) is 9.43. The molecule has 0 radical (unpaired) electrons. The highest BCUT2D eigenvalue weighted by Gasteiger charge is 2.37. The number of aliphatic hydroxyl groups excluding tert-OH is 1. The van der Waals surface area contributed by atoms with Gasteiger partial charge in [-0.05, 0) is 43.4 Å². The fraction of sp³-hybridized carbons (Fsp3) is 0.696. The molecule has 1 aromatic carbocycles. The predicted molar refractivity (Wildman–Crippen MR) is 116 cm³/mol. The van der Waals surface area contributed by atoms with Crippen molar-refractivity contribution in [2.75, 3.05) is 46.8 Å². The highest BCUT2D eigenvalue weighted by molar-refractivity contribution is 5.79. The van der Waals surface area contributed by atoms with Crippen molar-refractivity contribution in [3.05, 3.63) is 23.8 Å². The van der Waals surface area contributed by atoms with Crippen LogP contribution < -0.4 is 20.1 Å². The Morgan fingerprint density at radius 1 is 1.07 bits per heavy atom. The number of ether oxygens (including phenoxy) is 3. The van der Waals surface area contributed by atoms with Crippen LogP contribution in [0.5, 0.6) is 11.5 Å². The van der Waals surface area contributed by atoms with E-state index in [1.807, 2.05) is 13.1 Å². The molecule has 0 bridgehead atoms. The van der Waals surface area contributed by atoms with E-state index < -0.39 is 0 Å². The van der Waals surface area contributed by atoms with Crippen LogP contribution in [0.15, 0.2) is 23.2 Å². The van der Waals surface area contributed by atoms with Crippen molar-refractivity contribution < 1.29 is 19.3 Å². The summed E-state index contributed by atoms with van der Waals surface area (Å²) in [6, 6.07) is 6.40. The Morgan fingerprint density at radius 2 is 1.87 bits per heavy atom. The summed E-state index contributed by atoms with van der Waals surface area (Å²) in [5.41, 5.74) is 1.37. The highest BCUT2D eigenvalue weighted by Crippen LogP contribution is 2.43. The summed E-state index contributed by atoms with van der Waals surface area (Å²) in [7, 11) is 1.81. The van der Waals surface area contributed by atoms with Crippen LogP contribution >= 0.6 is 0 Å². The third-order valence-corrected chi connectivity index (χ3v) is 7.07. The number of rotatable bonds is 7. The first-order valence-corrected chi connectivity index (χ1v) is 11.2. The number of aliphatic imine (C=N–C) groups is 1. The van der Waals surface area contributed by atoms with E-state index >= 15 is 0 Å². The van der Waals surface area contributed by atoms with E-state index in [1.165, 1.54) is 24.8 Å². The van der Waals surface area contributed by atoms with Crippen LogP contribution in [0, 0.1) is 5.41 Å². The molecule has 1 atom stereocenters. The minimum atomic E-state index is -0.00772. The molecule has 3 aliphatic rings. The van der Waals surface area contributed by atoms with Gasteiger partial charge in [0.1, 0.15) is 0 Å². The summed E-state index contributed by atoms with van der Waals surface area (Å²) in [4.78, 5) is 4.45. The minimum absolute atomic E-state index is 0.00772. The molecule has 2 heterocycles. The van der Waals surface area contributed by atoms with Gasteiger partial charge in [0.25, 0.3) is 0 Å². The molecular formula is C23H35N3O4. The molecule has 0 spiro atoms. The monoisotopic (exact) mass is 417 g/mol. The van der Waals surface area contributed by atoms with Crippen molar-refractivity contribution in [3.8, 4) is 11.5 Å². The van der Waals surface area contributed by atoms with Crippen LogP contribution in [0.25, 0.3) is 0 Å². The van der Waals surface area contributed by atoms with Gasteiger partial charge in [0.15, 0.2) is 17.5 Å². The highest BCUT2D eigenvalue weighted by atomic mass is 16.7. The SMILES string of the molecule is CN=C(NCC1(CCO)CCOC1)NCC1(c2ccc3c(c2)OCO3)CCCCC1. The summed E-state index contributed by atoms with van der Waals surface area (Å²) >= 11 is 0. The van der Waals surface area contributed by atoms with Crippen molar-refractivity contribution in [1.82, 2.24) is 10.6 Å². The second-order valence-corrected chi connectivity index (χ2v) is 8.96. The normalized spacial score (nSPS) is 25.3. The van der Waals surface area contributed by atoms with Gasteiger partial charge in [-0.2, -0.15) is 0 Å². The number of hydrogen-bond acceptors (Lipinski definition) is 5. The third-order valence-electron chi connectivity index (χ3n) is 7.07. The standard InChI is InChI=1S/C23H35N3O4/c1-24-21(25-14-22(9-11-27)10-12-28-16-22)26-15-23(7-3-2-4-8-23)18-5-6-19-20(13-18)30-17-29-19/h5-6,13,27H,2-4,7-12,14-17H2,1H3,(H2,24,25,26). The lowest BCUT2D eigenvalue weighted by molar-refractivity contribution is 0.127. The second-order valence-electron chi connectivity index (χ2n) is 8.96. The Kier molecular flexibility index (Phi) is 6.68. The molecule has 30 heavy (non-hydrogen) atoms. The maximum Gasteiger partial charge on any atom is 0.231 e. The first-order valence-electron chi connectivity index (χ1n) is 11.2. The molecule has 166 valence electrons. The van der Waals surface area contributed by atoms with Crippen LogP contribution in [0.2, 0.25) is 0 Å². The summed E-state index contributed by atoms with van der Waals surface area (Å²) in [5, 5.41) is 16.5. The molecule has 4 rings (SSSR count). The minimum Gasteiger partial charge on any atom is -0.454 e. The van der Waals surface area contributed by atoms with E-state index in [2.05, 4.69) is 27.8 Å². The maximum absolute atomic E-state index is 9.47. The molecule has 2 fully saturated rings. The molecular weight excluding hydrogens is 382 g/mol. The van der Waals surface area contributed by atoms with Crippen LogP contribution in [-0.4, -0.2) is 57.8 Å². The van der Waals surface area contributed by atoms with Crippen molar-refractivity contribution in [1.29, 1.82) is 0 Å². The Balaban J connectivity index is 1.43. The summed E-state index contributed by atoms with van der Waals surface area (Å²) < 4.78 is 16.8. The van der Waals surface area contributed by atoms with Crippen LogP contribution in [0.4, 0.5) is 0 Å². The number of benzene rings is 1. The molecule has 0 amide bonds. The number of fused-ring (bicyclic) bond motifs is 1. The molecule has 0 aromatic heterocycles. The molecule has 1 saturated carbocycles. The third kappa shape index (κ3) is 4.52. The van der Waals surface area contributed by atoms with Crippen molar-refractivity contribution in [2.45, 2.75) is 50.4 Å². The van der Waals surface area contributed by atoms with Crippen molar-refractivity contribution >= 4 is 5.96 Å². The molecule has 2 aliphatic heterocycles. The molecule has 1 aromatic rings. The van der Waals surface area contributed by atoms with Gasteiger partial charge in [0.2, 0.25) is 6.79 Å². The molecule has 1 unspecified atom stereocenters. The topological polar surface area (TPSA) is 84.3 Å². The van der Waals surface area contributed by atoms with Gasteiger partial charge >= 0.3 is 0 Å². The van der Waals surface area contributed by atoms with Crippen LogP contribution in [-0.2, 0) is 10.2 Å². The number of nitrogens with one attached hydrogen (secondary N) is 2. The lowest BCUT2D eigenvalue weighted by Gasteiger charge is -2.38. The molecule has 1 saturated heterocycles. The number of hydrogen-bond donors (Lipinski definition) is 3. The van der Waals surface area contributed by atoms with Crippen LogP contribution in [0.1, 0.15) is 50.5 Å². The van der Waals surface area contributed by atoms with E-state index in [-0.39, 0.29) is 17.4 Å². The Bertz CT molecular complexity index is 740. The van der Waals surface area contributed by atoms with Crippen molar-refractivity contribution in [3.63, 3.8) is 0 Å². The van der Waals surface area contributed by atoms with E-state index in [9.17, 15) is 5.11 Å². The zero-order chi connectivity index (χ0) is 20.9. The number of aliphatic hydroxyl groups is 1. The molecule has 7 heteroatoms. The van der Waals surface area contributed by atoms with Crippen molar-refractivity contribution in [2.24, 2.45) is 10.4 Å². The van der Waals surface area contributed by atoms with E-state index in [1.54, 1.807) is 0 Å². The van der Waals surface area contributed by atoms with Gasteiger partial charge in [-0.1, -0.05) is 25.3 Å². The smallest absolute Gasteiger partial charge is 0.231 e. The molecule has 7 nitrogen and oxygen atoms in total. The predicted octanol–water partition coefficient (Wildman–Crippen LogP) is 2.57. The van der Waals surface area contributed by atoms with Crippen LogP contribution in [0.3, 0.4) is 0 Å². The lowest BCUT2D eigenvalue weighted by atomic mass is 9.69. The average molecular weight is 418 g/mol. The van der Waals surface area contributed by atoms with E-state index in [0.29, 0.717) is 13.4 Å². The number of guanidine groups is 1. The Hall–Kier alpha value is -1.99. The summed E-state index contributed by atoms with van der Waals surface area (Å²) in [6.07, 6.45) is 7.79. The fourth-order valence-corrected chi connectivity index (χ4v) is 5.08.